The van der Waals surface area contributed by atoms with Gasteiger partial charge < -0.3 is 74.1 Å². The number of phosphoric ester groups is 3. The van der Waals surface area contributed by atoms with Gasteiger partial charge in [-0.15, -0.1) is 0 Å². The molecule has 7 N–H and O–H groups in total. The van der Waals surface area contributed by atoms with Crippen LogP contribution in [0, 0.1) is 5.41 Å². The molecule has 2 aromatic heterocycles. The number of hydrogen-bond donors (Lipinski definition) is 6. The van der Waals surface area contributed by atoms with Crippen LogP contribution in [0.5, 0.6) is 5.75 Å². The fraction of sp³-hybridized carbons (Fsp3) is 0.467. The van der Waals surface area contributed by atoms with E-state index in [1.165, 1.54) is 32.1 Å². The Kier molecular flexibility index (Phi) is 16.5. The molecule has 2 amide bonds. The van der Waals surface area contributed by atoms with E-state index < -0.39 is 84.6 Å². The third-order valence-corrected chi connectivity index (χ3v) is 11.9. The summed E-state index contributed by atoms with van der Waals surface area (Å²) in [6, 6.07) is 6.18. The van der Waals surface area contributed by atoms with Crippen LogP contribution in [0.2, 0.25) is 0 Å². The third kappa shape index (κ3) is 14.5. The SMILES string of the molecule is CC(C)(COP(=O)([O-])OP(=O)([O-])OC[C@H]1O[C@@H](n2cnc3c(N)ncnc32)C(O)[C@H]1OP(=O)([O-])[O-])[C@H](O)C(=O)NCCC(=O)NCCSC(=O)/C=C/c1ccc(O)cc1. The highest BCUT2D eigenvalue weighted by Crippen LogP contribution is 2.56. The summed E-state index contributed by atoms with van der Waals surface area (Å²) >= 11 is 0.945. The highest BCUT2D eigenvalue weighted by Gasteiger charge is 2.47. The lowest BCUT2D eigenvalue weighted by Gasteiger charge is -2.36. The first-order valence-electron chi connectivity index (χ1n) is 16.9. The van der Waals surface area contributed by atoms with Crippen molar-refractivity contribution in [2.75, 3.05) is 37.8 Å². The number of phosphoric acid groups is 3. The van der Waals surface area contributed by atoms with Crippen molar-refractivity contribution in [2.45, 2.75) is 50.9 Å². The molecule has 1 aliphatic rings. The van der Waals surface area contributed by atoms with Gasteiger partial charge >= 0.3 is 0 Å². The molecule has 3 unspecified atom stereocenters. The lowest BCUT2D eigenvalue weighted by molar-refractivity contribution is -0.347. The van der Waals surface area contributed by atoms with Crippen LogP contribution in [0.1, 0.15) is 32.1 Å². The van der Waals surface area contributed by atoms with E-state index in [-0.39, 0.29) is 53.1 Å². The van der Waals surface area contributed by atoms with Crippen molar-refractivity contribution in [3.8, 4) is 5.75 Å². The zero-order valence-electron chi connectivity index (χ0n) is 30.8. The molecule has 1 fully saturated rings. The number of carbonyl (C=O) groups is 3. The minimum Gasteiger partial charge on any atom is -0.790 e. The number of nitrogen functional groups attached to an aromatic ring is 1. The van der Waals surface area contributed by atoms with E-state index in [9.17, 15) is 63.0 Å². The summed E-state index contributed by atoms with van der Waals surface area (Å²) < 4.78 is 60.5. The van der Waals surface area contributed by atoms with Gasteiger partial charge in [-0.3, -0.25) is 28.1 Å². The molecule has 1 saturated heterocycles. The molecule has 59 heavy (non-hydrogen) atoms. The van der Waals surface area contributed by atoms with Crippen LogP contribution < -0.4 is 35.9 Å². The number of nitrogens with one attached hydrogen (secondary N) is 2. The Bertz CT molecular complexity index is 2140. The van der Waals surface area contributed by atoms with Gasteiger partial charge in [-0.2, -0.15) is 0 Å². The van der Waals surface area contributed by atoms with Crippen molar-refractivity contribution in [1.29, 1.82) is 0 Å². The highest BCUT2D eigenvalue weighted by atomic mass is 32.2. The number of nitrogens with zero attached hydrogens (tertiary/aromatic N) is 4. The van der Waals surface area contributed by atoms with Gasteiger partial charge in [0.15, 0.2) is 17.7 Å². The Hall–Kier alpha value is -3.68. The van der Waals surface area contributed by atoms with Crippen LogP contribution >= 0.6 is 35.2 Å². The monoisotopic (exact) mass is 909 g/mol. The van der Waals surface area contributed by atoms with Gasteiger partial charge in [0, 0.05) is 30.7 Å². The molecule has 1 aliphatic heterocycles. The van der Waals surface area contributed by atoms with Gasteiger partial charge in [-0.1, -0.05) is 43.8 Å². The van der Waals surface area contributed by atoms with Crippen LogP contribution in [-0.2, 0) is 50.7 Å². The summed E-state index contributed by atoms with van der Waals surface area (Å²) in [4.78, 5) is 96.2. The molecule has 326 valence electrons. The first kappa shape index (κ1) is 48.0. The molecule has 0 aliphatic carbocycles. The van der Waals surface area contributed by atoms with Crippen molar-refractivity contribution in [1.82, 2.24) is 30.2 Å². The van der Waals surface area contributed by atoms with Gasteiger partial charge in [0.05, 0.1) is 27.4 Å². The Morgan fingerprint density at radius 1 is 1.05 bits per heavy atom. The molecule has 7 atom stereocenters. The van der Waals surface area contributed by atoms with Crippen molar-refractivity contribution < 1.29 is 85.6 Å². The number of aliphatic hydroxyl groups excluding tert-OH is 2. The van der Waals surface area contributed by atoms with Crippen molar-refractivity contribution in [2.24, 2.45) is 5.41 Å². The predicted octanol–water partition coefficient (Wildman–Crippen LogP) is -2.44. The van der Waals surface area contributed by atoms with E-state index in [4.69, 9.17) is 10.5 Å². The van der Waals surface area contributed by atoms with E-state index in [0.717, 1.165) is 29.0 Å². The topological polar surface area (TPSA) is 395 Å². The predicted molar refractivity (Wildman–Crippen MR) is 195 cm³/mol. The van der Waals surface area contributed by atoms with E-state index in [0.29, 0.717) is 5.56 Å². The summed E-state index contributed by atoms with van der Waals surface area (Å²) in [7, 11) is -17.6. The van der Waals surface area contributed by atoms with E-state index in [1.807, 2.05) is 0 Å². The minimum absolute atomic E-state index is 0.0275. The Morgan fingerprint density at radius 3 is 2.41 bits per heavy atom. The number of amides is 2. The second-order valence-electron chi connectivity index (χ2n) is 13.1. The molecule has 29 heteroatoms. The maximum Gasteiger partial charge on any atom is 0.274 e. The number of phenols is 1. The van der Waals surface area contributed by atoms with Crippen LogP contribution in [0.25, 0.3) is 17.2 Å². The molecular weight excluding hydrogens is 871 g/mol. The number of aromatic nitrogens is 4. The number of nitrogens with two attached hydrogens (primary N) is 1. The zero-order valence-corrected chi connectivity index (χ0v) is 34.3. The molecule has 0 bridgehead atoms. The molecule has 25 nitrogen and oxygen atoms in total. The van der Waals surface area contributed by atoms with Gasteiger partial charge in [0.25, 0.3) is 15.6 Å². The lowest BCUT2D eigenvalue weighted by atomic mass is 9.87. The number of fused-ring (bicyclic) bond motifs is 1. The van der Waals surface area contributed by atoms with Crippen molar-refractivity contribution in [3.63, 3.8) is 0 Å². The number of imidazole rings is 1. The molecule has 3 aromatic rings. The van der Waals surface area contributed by atoms with E-state index in [2.05, 4.69) is 43.5 Å². The maximum absolute atomic E-state index is 12.6. The summed E-state index contributed by atoms with van der Waals surface area (Å²) in [6.45, 7) is -0.0545. The van der Waals surface area contributed by atoms with E-state index >= 15 is 0 Å². The number of rotatable bonds is 21. The molecule has 1 aromatic carbocycles. The minimum atomic E-state index is -5.93. The molecule has 3 heterocycles. The average Bonchev–Trinajstić information content (AvgIpc) is 3.71. The molecule has 0 saturated carbocycles. The number of aliphatic hydroxyl groups is 2. The molecule has 4 rings (SSSR count). The second-order valence-corrected chi connectivity index (χ2v) is 18.2. The van der Waals surface area contributed by atoms with Gasteiger partial charge in [-0.05, 0) is 23.8 Å². The van der Waals surface area contributed by atoms with Crippen LogP contribution in [0.4, 0.5) is 5.82 Å². The largest absolute Gasteiger partial charge is 0.790 e. The van der Waals surface area contributed by atoms with Crippen LogP contribution in [0.15, 0.2) is 43.0 Å². The summed E-state index contributed by atoms with van der Waals surface area (Å²) in [5.41, 5.74) is 4.74. The fourth-order valence-corrected chi connectivity index (χ4v) is 8.36. The third-order valence-electron chi connectivity index (χ3n) is 8.03. The number of anilines is 1. The smallest absolute Gasteiger partial charge is 0.274 e. The first-order valence-corrected chi connectivity index (χ1v) is 22.3. The van der Waals surface area contributed by atoms with Gasteiger partial charge in [0.2, 0.25) is 16.9 Å². The van der Waals surface area contributed by atoms with Crippen molar-refractivity contribution >= 4 is 75.2 Å². The number of carbonyl (C=O) groups excluding carboxylic acids is 3. The van der Waals surface area contributed by atoms with Crippen molar-refractivity contribution in [3.05, 3.63) is 48.6 Å². The normalized spacial score (nSPS) is 21.2. The number of benzene rings is 1. The summed E-state index contributed by atoms with van der Waals surface area (Å²) in [6.07, 6.45) is -4.79. The Morgan fingerprint density at radius 2 is 1.73 bits per heavy atom. The zero-order chi connectivity index (χ0) is 43.8. The fourth-order valence-electron chi connectivity index (χ4n) is 5.06. The summed E-state index contributed by atoms with van der Waals surface area (Å²) in [5.74, 6) is -1.29. The lowest BCUT2D eigenvalue weighted by Crippen LogP contribution is -2.46. The number of ether oxygens (including phenoxy) is 1. The molecular formula is C30H38N7O18P3S-4. The van der Waals surface area contributed by atoms with Crippen LogP contribution in [-0.4, -0.2) is 108 Å². The summed E-state index contributed by atoms with van der Waals surface area (Å²) in [5, 5.41) is 35.2. The number of phenolic OH excluding ortho intramolecular Hbond substituents is 1. The highest BCUT2D eigenvalue weighted by molar-refractivity contribution is 8.14. The standard InChI is InChI=1S/C30H42N7O18P3S/c1-30(2,25(42)28(43)33-10-9-20(39)32-11-12-59-21(40)8-5-17-3-6-18(38)7-4-17)14-52-58(49,50)55-57(47,48)51-13-19-24(54-56(44,45)46)23(41)29(53-19)37-16-36-22-26(31)34-15-35-27(22)37/h3-8,15-16,19,23-25,29,38,41-42H,9-14H2,1-2H3,(H,32,39)(H,33,43)(H,47,48)(H,49,50)(H2,31,34,35)(H2,44,45,46)/p-4/b8-5+/t19-,23?,24+,25-,29-/m1/s1. The molecule has 0 spiro atoms. The van der Waals surface area contributed by atoms with Gasteiger partial charge in [-0.25, -0.2) is 19.3 Å². The quantitative estimate of drug-likeness (QED) is 0.0367. The second kappa shape index (κ2) is 20.3. The maximum atomic E-state index is 12.6. The Balaban J connectivity index is 1.20. The molecule has 0 radical (unpaired) electrons. The first-order chi connectivity index (χ1) is 27.5. The Labute approximate surface area is 338 Å². The number of hydrogen-bond acceptors (Lipinski definition) is 23. The number of aromatic hydroxyl groups is 1. The number of thioether (sulfide) groups is 1. The van der Waals surface area contributed by atoms with E-state index in [1.54, 1.807) is 18.2 Å². The van der Waals surface area contributed by atoms with Gasteiger partial charge in [0.1, 0.15) is 42.0 Å². The average molecular weight is 910 g/mol. The van der Waals surface area contributed by atoms with Crippen LogP contribution in [0.3, 0.4) is 0 Å².